The van der Waals surface area contributed by atoms with E-state index in [4.69, 9.17) is 21.1 Å². The maximum atomic E-state index is 12.4. The minimum atomic E-state index is -0.651. The summed E-state index contributed by atoms with van der Waals surface area (Å²) in [5.41, 5.74) is 0.733. The van der Waals surface area contributed by atoms with Gasteiger partial charge in [-0.1, -0.05) is 11.6 Å². The van der Waals surface area contributed by atoms with Gasteiger partial charge in [-0.25, -0.2) is 0 Å². The number of amides is 1. The molecule has 2 aromatic carbocycles. The molecule has 0 saturated carbocycles. The van der Waals surface area contributed by atoms with Crippen LogP contribution in [0.4, 0.5) is 11.4 Å². The van der Waals surface area contributed by atoms with Gasteiger partial charge in [-0.15, -0.1) is 0 Å². The van der Waals surface area contributed by atoms with Gasteiger partial charge in [0.15, 0.2) is 11.5 Å². The molecule has 0 saturated heterocycles. The highest BCUT2D eigenvalue weighted by Crippen LogP contribution is 2.33. The van der Waals surface area contributed by atoms with Crippen LogP contribution in [0, 0.1) is 17.0 Å². The largest absolute Gasteiger partial charge is 0.493 e. The van der Waals surface area contributed by atoms with E-state index in [-0.39, 0.29) is 16.3 Å². The van der Waals surface area contributed by atoms with Crippen molar-refractivity contribution in [3.05, 3.63) is 56.6 Å². The number of anilines is 1. The van der Waals surface area contributed by atoms with E-state index in [1.54, 1.807) is 19.1 Å². The number of nitro groups is 1. The van der Waals surface area contributed by atoms with Gasteiger partial charge in [0, 0.05) is 22.8 Å². The molecular weight excluding hydrogens is 336 g/mol. The standard InChI is InChI=1S/C16H15ClN2O5/c1-9-6-14(23-2)15(24-3)8-12(9)18-16(20)11-5-4-10(17)7-13(11)19(21)22/h4-8H,1-3H3,(H,18,20). The molecule has 0 spiro atoms. The predicted molar refractivity (Wildman–Crippen MR) is 90.3 cm³/mol. The van der Waals surface area contributed by atoms with Gasteiger partial charge in [0.2, 0.25) is 0 Å². The Balaban J connectivity index is 2.39. The fourth-order valence-electron chi connectivity index (χ4n) is 2.15. The highest BCUT2D eigenvalue weighted by atomic mass is 35.5. The van der Waals surface area contributed by atoms with Crippen LogP contribution >= 0.6 is 11.6 Å². The number of rotatable bonds is 5. The van der Waals surface area contributed by atoms with Crippen molar-refractivity contribution in [3.8, 4) is 11.5 Å². The van der Waals surface area contributed by atoms with Gasteiger partial charge in [-0.05, 0) is 30.7 Å². The maximum absolute atomic E-state index is 12.4. The van der Waals surface area contributed by atoms with Crippen LogP contribution in [-0.2, 0) is 0 Å². The van der Waals surface area contributed by atoms with Crippen molar-refractivity contribution in [2.24, 2.45) is 0 Å². The Morgan fingerprint density at radius 3 is 2.38 bits per heavy atom. The zero-order valence-electron chi connectivity index (χ0n) is 13.3. The van der Waals surface area contributed by atoms with Crippen LogP contribution < -0.4 is 14.8 Å². The Bertz CT molecular complexity index is 807. The average Bonchev–Trinajstić information content (AvgIpc) is 2.55. The molecule has 2 aromatic rings. The number of carbonyl (C=O) groups is 1. The van der Waals surface area contributed by atoms with E-state index >= 15 is 0 Å². The zero-order chi connectivity index (χ0) is 17.9. The fraction of sp³-hybridized carbons (Fsp3) is 0.188. The van der Waals surface area contributed by atoms with Crippen LogP contribution in [0.3, 0.4) is 0 Å². The van der Waals surface area contributed by atoms with Gasteiger partial charge in [-0.2, -0.15) is 0 Å². The second kappa shape index (κ2) is 7.18. The van der Waals surface area contributed by atoms with Crippen molar-refractivity contribution in [1.82, 2.24) is 0 Å². The molecule has 24 heavy (non-hydrogen) atoms. The zero-order valence-corrected chi connectivity index (χ0v) is 14.0. The lowest BCUT2D eigenvalue weighted by Crippen LogP contribution is -2.15. The van der Waals surface area contributed by atoms with E-state index < -0.39 is 10.8 Å². The summed E-state index contributed by atoms with van der Waals surface area (Å²) in [5, 5.41) is 13.9. The molecule has 0 heterocycles. The summed E-state index contributed by atoms with van der Waals surface area (Å²) < 4.78 is 10.4. The molecule has 1 N–H and O–H groups in total. The molecular formula is C16H15ClN2O5. The number of hydrogen-bond donors (Lipinski definition) is 1. The molecule has 0 fully saturated rings. The summed E-state index contributed by atoms with van der Waals surface area (Å²) in [5.74, 6) is 0.336. The third-order valence-electron chi connectivity index (χ3n) is 3.38. The highest BCUT2D eigenvalue weighted by Gasteiger charge is 2.21. The van der Waals surface area contributed by atoms with Gasteiger partial charge in [0.25, 0.3) is 11.6 Å². The molecule has 7 nitrogen and oxygen atoms in total. The molecule has 0 aromatic heterocycles. The van der Waals surface area contributed by atoms with Crippen LogP contribution in [0.1, 0.15) is 15.9 Å². The van der Waals surface area contributed by atoms with E-state index in [0.29, 0.717) is 17.2 Å². The Hall–Kier alpha value is -2.80. The van der Waals surface area contributed by atoms with E-state index in [1.165, 1.54) is 26.4 Å². The minimum absolute atomic E-state index is 0.0846. The summed E-state index contributed by atoms with van der Waals surface area (Å²) in [7, 11) is 2.98. The number of aryl methyl sites for hydroxylation is 1. The lowest BCUT2D eigenvalue weighted by Gasteiger charge is -2.13. The molecule has 0 atom stereocenters. The average molecular weight is 351 g/mol. The van der Waals surface area contributed by atoms with E-state index in [1.807, 2.05) is 0 Å². The van der Waals surface area contributed by atoms with Crippen LogP contribution in [0.2, 0.25) is 5.02 Å². The Morgan fingerprint density at radius 2 is 1.79 bits per heavy atom. The van der Waals surface area contributed by atoms with Gasteiger partial charge in [0.05, 0.1) is 19.1 Å². The third kappa shape index (κ3) is 3.57. The third-order valence-corrected chi connectivity index (χ3v) is 3.61. The first-order chi connectivity index (χ1) is 11.4. The first-order valence-corrected chi connectivity index (χ1v) is 7.23. The number of hydrogen-bond acceptors (Lipinski definition) is 5. The molecule has 126 valence electrons. The SMILES string of the molecule is COc1cc(C)c(NC(=O)c2ccc(Cl)cc2[N+](=O)[O-])cc1OC. The van der Waals surface area contributed by atoms with Crippen molar-refractivity contribution in [2.75, 3.05) is 19.5 Å². The van der Waals surface area contributed by atoms with Crippen molar-refractivity contribution < 1.29 is 19.2 Å². The van der Waals surface area contributed by atoms with Gasteiger partial charge in [-0.3, -0.25) is 14.9 Å². The number of halogens is 1. The van der Waals surface area contributed by atoms with Crippen LogP contribution in [-0.4, -0.2) is 25.1 Å². The number of benzene rings is 2. The monoisotopic (exact) mass is 350 g/mol. The number of nitrogens with zero attached hydrogens (tertiary/aromatic N) is 1. The lowest BCUT2D eigenvalue weighted by atomic mass is 10.1. The lowest BCUT2D eigenvalue weighted by molar-refractivity contribution is -0.385. The second-order valence-corrected chi connectivity index (χ2v) is 5.33. The van der Waals surface area contributed by atoms with E-state index in [0.717, 1.165) is 11.6 Å². The Morgan fingerprint density at radius 1 is 1.17 bits per heavy atom. The summed E-state index contributed by atoms with van der Waals surface area (Å²) in [6.07, 6.45) is 0. The first-order valence-electron chi connectivity index (χ1n) is 6.85. The molecule has 0 radical (unpaired) electrons. The number of nitro benzene ring substituents is 1. The fourth-order valence-corrected chi connectivity index (χ4v) is 2.32. The Kier molecular flexibility index (Phi) is 5.25. The van der Waals surface area contributed by atoms with E-state index in [2.05, 4.69) is 5.32 Å². The molecule has 2 rings (SSSR count). The summed E-state index contributed by atoms with van der Waals surface area (Å²) in [6.45, 7) is 1.77. The summed E-state index contributed by atoms with van der Waals surface area (Å²) in [6, 6.07) is 7.16. The van der Waals surface area contributed by atoms with Gasteiger partial charge in [0.1, 0.15) is 5.56 Å². The quantitative estimate of drug-likeness (QED) is 0.653. The molecule has 0 bridgehead atoms. The van der Waals surface area contributed by atoms with Gasteiger partial charge >= 0.3 is 0 Å². The first kappa shape index (κ1) is 17.6. The normalized spacial score (nSPS) is 10.2. The number of methoxy groups -OCH3 is 2. The molecule has 8 heteroatoms. The van der Waals surface area contributed by atoms with Crippen LogP contribution in [0.5, 0.6) is 11.5 Å². The molecule has 1 amide bonds. The van der Waals surface area contributed by atoms with Crippen molar-refractivity contribution in [1.29, 1.82) is 0 Å². The van der Waals surface area contributed by atoms with Gasteiger partial charge < -0.3 is 14.8 Å². The number of ether oxygens (including phenoxy) is 2. The molecule has 0 aliphatic carbocycles. The molecule has 0 aliphatic heterocycles. The summed E-state index contributed by atoms with van der Waals surface area (Å²) in [4.78, 5) is 22.9. The topological polar surface area (TPSA) is 90.7 Å². The van der Waals surface area contributed by atoms with Crippen molar-refractivity contribution in [3.63, 3.8) is 0 Å². The maximum Gasteiger partial charge on any atom is 0.283 e. The summed E-state index contributed by atoms with van der Waals surface area (Å²) >= 11 is 5.76. The smallest absolute Gasteiger partial charge is 0.283 e. The minimum Gasteiger partial charge on any atom is -0.493 e. The van der Waals surface area contributed by atoms with E-state index in [9.17, 15) is 14.9 Å². The van der Waals surface area contributed by atoms with Crippen LogP contribution in [0.25, 0.3) is 0 Å². The van der Waals surface area contributed by atoms with Crippen molar-refractivity contribution >= 4 is 28.9 Å². The number of carbonyl (C=O) groups excluding carboxylic acids is 1. The second-order valence-electron chi connectivity index (χ2n) is 4.89. The van der Waals surface area contributed by atoms with Crippen LogP contribution in [0.15, 0.2) is 30.3 Å². The number of nitrogens with one attached hydrogen (secondary N) is 1. The van der Waals surface area contributed by atoms with Crippen molar-refractivity contribution in [2.45, 2.75) is 6.92 Å². The highest BCUT2D eigenvalue weighted by molar-refractivity contribution is 6.31. The molecule has 0 unspecified atom stereocenters. The Labute approximate surface area is 143 Å². The molecule has 0 aliphatic rings. The predicted octanol–water partition coefficient (Wildman–Crippen LogP) is 3.83.